The summed E-state index contributed by atoms with van der Waals surface area (Å²) in [4.78, 5) is 19.3. The van der Waals surface area contributed by atoms with Crippen LogP contribution in [0.15, 0.2) is 65.5 Å². The van der Waals surface area contributed by atoms with Gasteiger partial charge in [0.1, 0.15) is 12.4 Å². The van der Waals surface area contributed by atoms with Crippen molar-refractivity contribution in [1.82, 2.24) is 15.2 Å². The molecule has 3 aromatic rings. The number of benzene rings is 2. The number of thiazole rings is 1. The van der Waals surface area contributed by atoms with Gasteiger partial charge in [-0.25, -0.2) is 4.98 Å². The van der Waals surface area contributed by atoms with Crippen LogP contribution < -0.4 is 10.1 Å². The van der Waals surface area contributed by atoms with Gasteiger partial charge < -0.3 is 10.1 Å². The van der Waals surface area contributed by atoms with Gasteiger partial charge in [-0.05, 0) is 55.8 Å². The molecule has 1 fully saturated rings. The first-order chi connectivity index (χ1) is 14.3. The van der Waals surface area contributed by atoms with Gasteiger partial charge >= 0.3 is 0 Å². The second-order valence-corrected chi connectivity index (χ2v) is 7.89. The normalized spacial score (nSPS) is 15.2. The number of aromatic nitrogens is 1. The van der Waals surface area contributed by atoms with Gasteiger partial charge in [0.25, 0.3) is 5.91 Å². The van der Waals surface area contributed by atoms with E-state index in [1.165, 1.54) is 18.4 Å². The van der Waals surface area contributed by atoms with Crippen LogP contribution in [0.4, 0.5) is 0 Å². The molecule has 29 heavy (non-hydrogen) atoms. The number of hydrogen-bond donors (Lipinski definition) is 1. The molecule has 1 saturated heterocycles. The summed E-state index contributed by atoms with van der Waals surface area (Å²) >= 11 is 1.55. The minimum atomic E-state index is -0.0591. The molecule has 150 valence electrons. The third kappa shape index (κ3) is 5.22. The standard InChI is InChI=1S/C23H25N3O2S/c27-23(19-8-10-21(11-9-19)28-15-20-16-29-17-25-20)24-14-22(26-12-4-5-13-26)18-6-2-1-3-7-18/h1-3,6-11,16-17,22H,4-5,12-15H2,(H,24,27). The SMILES string of the molecule is O=C(NCC(c1ccccc1)N1CCCC1)c1ccc(OCc2cscn2)cc1. The van der Waals surface area contributed by atoms with Crippen LogP contribution in [-0.4, -0.2) is 35.4 Å². The molecular formula is C23H25N3O2S. The van der Waals surface area contributed by atoms with Crippen molar-refractivity contribution in [2.45, 2.75) is 25.5 Å². The van der Waals surface area contributed by atoms with E-state index in [9.17, 15) is 4.79 Å². The molecular weight excluding hydrogens is 382 g/mol. The molecule has 1 atom stereocenters. The van der Waals surface area contributed by atoms with Crippen LogP contribution in [0.3, 0.4) is 0 Å². The molecule has 0 radical (unpaired) electrons. The lowest BCUT2D eigenvalue weighted by molar-refractivity contribution is 0.0938. The van der Waals surface area contributed by atoms with E-state index in [1.54, 1.807) is 29.0 Å². The number of nitrogens with one attached hydrogen (secondary N) is 1. The minimum absolute atomic E-state index is 0.0591. The van der Waals surface area contributed by atoms with Gasteiger partial charge in [0.15, 0.2) is 0 Å². The van der Waals surface area contributed by atoms with Gasteiger partial charge in [0.05, 0.1) is 17.2 Å². The first-order valence-electron chi connectivity index (χ1n) is 9.97. The first kappa shape index (κ1) is 19.6. The minimum Gasteiger partial charge on any atom is -0.487 e. The zero-order chi connectivity index (χ0) is 19.9. The maximum Gasteiger partial charge on any atom is 0.251 e. The Balaban J connectivity index is 1.35. The number of amides is 1. The lowest BCUT2D eigenvalue weighted by Crippen LogP contribution is -2.36. The zero-order valence-electron chi connectivity index (χ0n) is 16.3. The molecule has 0 spiro atoms. The van der Waals surface area contributed by atoms with Crippen LogP contribution in [0.5, 0.6) is 5.75 Å². The highest BCUT2D eigenvalue weighted by atomic mass is 32.1. The summed E-state index contributed by atoms with van der Waals surface area (Å²) in [6.07, 6.45) is 2.44. The third-order valence-corrected chi connectivity index (χ3v) is 5.84. The maximum absolute atomic E-state index is 12.7. The van der Waals surface area contributed by atoms with E-state index in [4.69, 9.17) is 4.74 Å². The highest BCUT2D eigenvalue weighted by Crippen LogP contribution is 2.24. The highest BCUT2D eigenvalue weighted by Gasteiger charge is 2.23. The second kappa shape index (κ2) is 9.67. The van der Waals surface area contributed by atoms with E-state index in [0.29, 0.717) is 18.7 Å². The molecule has 0 bridgehead atoms. The first-order valence-corrected chi connectivity index (χ1v) is 10.9. The molecule has 1 aliphatic heterocycles. The van der Waals surface area contributed by atoms with E-state index >= 15 is 0 Å². The zero-order valence-corrected chi connectivity index (χ0v) is 17.1. The Hall–Kier alpha value is -2.70. The number of carbonyl (C=O) groups excluding carboxylic acids is 1. The van der Waals surface area contributed by atoms with Crippen LogP contribution in [0.2, 0.25) is 0 Å². The summed E-state index contributed by atoms with van der Waals surface area (Å²) in [6, 6.07) is 17.9. The summed E-state index contributed by atoms with van der Waals surface area (Å²) in [7, 11) is 0. The van der Waals surface area contributed by atoms with Crippen LogP contribution >= 0.6 is 11.3 Å². The summed E-state index contributed by atoms with van der Waals surface area (Å²) in [5.41, 5.74) is 4.59. The van der Waals surface area contributed by atoms with Crippen molar-refractivity contribution in [2.24, 2.45) is 0 Å². The van der Waals surface area contributed by atoms with E-state index in [-0.39, 0.29) is 11.9 Å². The fraction of sp³-hybridized carbons (Fsp3) is 0.304. The third-order valence-electron chi connectivity index (χ3n) is 5.21. The van der Waals surface area contributed by atoms with Gasteiger partial charge in [0, 0.05) is 17.5 Å². The summed E-state index contributed by atoms with van der Waals surface area (Å²) in [5.74, 6) is 0.671. The molecule has 5 nitrogen and oxygen atoms in total. The average Bonchev–Trinajstić information content (AvgIpc) is 3.48. The lowest BCUT2D eigenvalue weighted by Gasteiger charge is -2.28. The smallest absolute Gasteiger partial charge is 0.251 e. The molecule has 4 rings (SSSR count). The topological polar surface area (TPSA) is 54.5 Å². The molecule has 1 unspecified atom stereocenters. The molecule has 1 amide bonds. The van der Waals surface area contributed by atoms with Crippen molar-refractivity contribution in [2.75, 3.05) is 19.6 Å². The molecule has 2 aromatic carbocycles. The van der Waals surface area contributed by atoms with Crippen LogP contribution in [0, 0.1) is 0 Å². The van der Waals surface area contributed by atoms with E-state index in [1.807, 2.05) is 23.6 Å². The average molecular weight is 408 g/mol. The molecule has 0 aliphatic carbocycles. The Bertz CT molecular complexity index is 892. The van der Waals surface area contributed by atoms with Gasteiger partial charge in [-0.2, -0.15) is 0 Å². The van der Waals surface area contributed by atoms with Gasteiger partial charge in [0.2, 0.25) is 0 Å². The Morgan fingerprint density at radius 2 is 1.86 bits per heavy atom. The fourth-order valence-electron chi connectivity index (χ4n) is 3.65. The number of nitrogens with zero attached hydrogens (tertiary/aromatic N) is 2. The van der Waals surface area contributed by atoms with Crippen molar-refractivity contribution in [1.29, 1.82) is 0 Å². The Kier molecular flexibility index (Phi) is 6.54. The Morgan fingerprint density at radius 3 is 2.55 bits per heavy atom. The van der Waals surface area contributed by atoms with Crippen molar-refractivity contribution in [3.8, 4) is 5.75 Å². The number of rotatable bonds is 8. The highest BCUT2D eigenvalue weighted by molar-refractivity contribution is 7.07. The number of ether oxygens (including phenoxy) is 1. The number of likely N-dealkylation sites (tertiary alicyclic amines) is 1. The van der Waals surface area contributed by atoms with Crippen molar-refractivity contribution in [3.63, 3.8) is 0 Å². The Labute approximate surface area is 175 Å². The molecule has 1 aromatic heterocycles. The number of carbonyl (C=O) groups is 1. The van der Waals surface area contributed by atoms with Gasteiger partial charge in [-0.15, -0.1) is 11.3 Å². The van der Waals surface area contributed by atoms with Crippen LogP contribution in [-0.2, 0) is 6.61 Å². The van der Waals surface area contributed by atoms with E-state index in [0.717, 1.165) is 24.5 Å². The molecule has 0 saturated carbocycles. The Morgan fingerprint density at radius 1 is 1.10 bits per heavy atom. The molecule has 6 heteroatoms. The van der Waals surface area contributed by atoms with Crippen molar-refractivity contribution < 1.29 is 9.53 Å². The van der Waals surface area contributed by atoms with Crippen LogP contribution in [0.1, 0.15) is 40.5 Å². The molecule has 2 heterocycles. The van der Waals surface area contributed by atoms with Gasteiger partial charge in [-0.1, -0.05) is 30.3 Å². The second-order valence-electron chi connectivity index (χ2n) is 7.17. The predicted molar refractivity (Wildman–Crippen MR) is 115 cm³/mol. The predicted octanol–water partition coefficient (Wildman–Crippen LogP) is 4.29. The molecule has 1 N–H and O–H groups in total. The van der Waals surface area contributed by atoms with Crippen molar-refractivity contribution >= 4 is 17.2 Å². The monoisotopic (exact) mass is 407 g/mol. The summed E-state index contributed by atoms with van der Waals surface area (Å²) in [5, 5.41) is 5.08. The van der Waals surface area contributed by atoms with E-state index in [2.05, 4.69) is 39.5 Å². The van der Waals surface area contributed by atoms with Crippen LogP contribution in [0.25, 0.3) is 0 Å². The summed E-state index contributed by atoms with van der Waals surface area (Å²) < 4.78 is 5.71. The lowest BCUT2D eigenvalue weighted by atomic mass is 10.1. The maximum atomic E-state index is 12.7. The molecule has 1 aliphatic rings. The number of hydrogen-bond acceptors (Lipinski definition) is 5. The van der Waals surface area contributed by atoms with E-state index < -0.39 is 0 Å². The quantitative estimate of drug-likeness (QED) is 0.605. The fourth-order valence-corrected chi connectivity index (χ4v) is 4.19. The van der Waals surface area contributed by atoms with Gasteiger partial charge in [-0.3, -0.25) is 9.69 Å². The summed E-state index contributed by atoms with van der Waals surface area (Å²) in [6.45, 7) is 3.20. The van der Waals surface area contributed by atoms with Crippen molar-refractivity contribution in [3.05, 3.63) is 82.3 Å². The largest absolute Gasteiger partial charge is 0.487 e.